The van der Waals surface area contributed by atoms with Crippen LogP contribution in [0.1, 0.15) is 26.7 Å². The Hall–Kier alpha value is -1.60. The summed E-state index contributed by atoms with van der Waals surface area (Å²) in [5.41, 5.74) is 1.20. The lowest BCUT2D eigenvalue weighted by Crippen LogP contribution is -2.49. The average Bonchev–Trinajstić information content (AvgIpc) is 2.54. The van der Waals surface area contributed by atoms with E-state index in [9.17, 15) is 4.79 Å². The van der Waals surface area contributed by atoms with Crippen molar-refractivity contribution in [2.45, 2.75) is 32.7 Å². The lowest BCUT2D eigenvalue weighted by Gasteiger charge is -2.33. The second-order valence-electron chi connectivity index (χ2n) is 6.19. The Morgan fingerprint density at radius 3 is 2.62 bits per heavy atom. The molecule has 0 aromatic rings. The molecular formula is C17H33N5O2. The van der Waals surface area contributed by atoms with Crippen molar-refractivity contribution in [2.75, 3.05) is 53.0 Å². The van der Waals surface area contributed by atoms with E-state index in [1.54, 1.807) is 7.11 Å². The summed E-state index contributed by atoms with van der Waals surface area (Å²) in [5.74, 6) is 0.610. The van der Waals surface area contributed by atoms with E-state index in [-0.39, 0.29) is 12.5 Å². The van der Waals surface area contributed by atoms with E-state index < -0.39 is 0 Å². The first-order valence-corrected chi connectivity index (χ1v) is 8.72. The van der Waals surface area contributed by atoms with Crippen molar-refractivity contribution < 1.29 is 9.53 Å². The molecular weight excluding hydrogens is 306 g/mol. The van der Waals surface area contributed by atoms with Crippen LogP contribution in [0.25, 0.3) is 0 Å². The van der Waals surface area contributed by atoms with E-state index in [0.717, 1.165) is 39.0 Å². The topological polar surface area (TPSA) is 78.0 Å². The largest absolute Gasteiger partial charge is 0.383 e. The number of rotatable bonds is 9. The Balaban J connectivity index is 2.38. The van der Waals surface area contributed by atoms with Gasteiger partial charge in [0.25, 0.3) is 0 Å². The zero-order valence-electron chi connectivity index (χ0n) is 15.4. The number of nitrogens with one attached hydrogen (secondary N) is 3. The summed E-state index contributed by atoms with van der Waals surface area (Å²) < 4.78 is 4.90. The van der Waals surface area contributed by atoms with Gasteiger partial charge in [0.1, 0.15) is 6.54 Å². The molecule has 1 aliphatic rings. The highest BCUT2D eigenvalue weighted by molar-refractivity contribution is 5.85. The van der Waals surface area contributed by atoms with Gasteiger partial charge in [-0.2, -0.15) is 0 Å². The van der Waals surface area contributed by atoms with Crippen molar-refractivity contribution in [1.82, 2.24) is 20.9 Å². The number of hydrogen-bond donors (Lipinski definition) is 3. The van der Waals surface area contributed by atoms with Gasteiger partial charge in [0.05, 0.1) is 6.61 Å². The van der Waals surface area contributed by atoms with Crippen molar-refractivity contribution in [2.24, 2.45) is 4.99 Å². The molecule has 0 aliphatic carbocycles. The zero-order chi connectivity index (χ0) is 17.8. The number of hydrogen-bond acceptors (Lipinski definition) is 4. The maximum absolute atomic E-state index is 11.7. The molecule has 7 heteroatoms. The molecule has 0 spiro atoms. The van der Waals surface area contributed by atoms with Gasteiger partial charge in [-0.1, -0.05) is 12.2 Å². The number of nitrogens with zero attached hydrogens (tertiary/aromatic N) is 2. The zero-order valence-corrected chi connectivity index (χ0v) is 15.4. The molecule has 3 N–H and O–H groups in total. The van der Waals surface area contributed by atoms with Crippen LogP contribution < -0.4 is 16.0 Å². The number of guanidine groups is 1. The van der Waals surface area contributed by atoms with Gasteiger partial charge in [-0.25, -0.2) is 4.99 Å². The molecule has 1 saturated heterocycles. The van der Waals surface area contributed by atoms with Crippen LogP contribution in [0, 0.1) is 0 Å². The van der Waals surface area contributed by atoms with E-state index in [2.05, 4.69) is 39.3 Å². The minimum absolute atomic E-state index is 0.0967. The van der Waals surface area contributed by atoms with Crippen molar-refractivity contribution in [3.8, 4) is 0 Å². The number of likely N-dealkylation sites (tertiary alicyclic amines) is 1. The number of amides is 1. The van der Waals surface area contributed by atoms with Crippen molar-refractivity contribution in [3.63, 3.8) is 0 Å². The predicted octanol–water partition coefficient (Wildman–Crippen LogP) is 0.345. The van der Waals surface area contributed by atoms with Crippen molar-refractivity contribution in [3.05, 3.63) is 12.2 Å². The van der Waals surface area contributed by atoms with Crippen LogP contribution in [0.2, 0.25) is 0 Å². The van der Waals surface area contributed by atoms with Gasteiger partial charge in [0.2, 0.25) is 5.91 Å². The van der Waals surface area contributed by atoms with Gasteiger partial charge in [0, 0.05) is 45.9 Å². The molecule has 0 aromatic carbocycles. The Morgan fingerprint density at radius 2 is 2.04 bits per heavy atom. The van der Waals surface area contributed by atoms with Crippen LogP contribution in [-0.2, 0) is 9.53 Å². The number of ether oxygens (including phenoxy) is 1. The highest BCUT2D eigenvalue weighted by Crippen LogP contribution is 2.11. The Labute approximate surface area is 145 Å². The van der Waals surface area contributed by atoms with Crippen molar-refractivity contribution >= 4 is 11.9 Å². The van der Waals surface area contributed by atoms with Crippen LogP contribution in [-0.4, -0.2) is 75.8 Å². The van der Waals surface area contributed by atoms with Crippen LogP contribution in [0.5, 0.6) is 0 Å². The Morgan fingerprint density at radius 1 is 1.33 bits per heavy atom. The third kappa shape index (κ3) is 8.88. The molecule has 0 aromatic heterocycles. The first-order valence-electron chi connectivity index (χ1n) is 8.72. The minimum atomic E-state index is -0.0967. The number of methoxy groups -OCH3 is 1. The molecule has 1 amide bonds. The SMILES string of the molecule is C=C(C)CN1CCC(NC(=NCC(=O)NCCOC)NCC)CC1. The van der Waals surface area contributed by atoms with E-state index in [1.165, 1.54) is 5.57 Å². The Bertz CT molecular complexity index is 417. The summed E-state index contributed by atoms with van der Waals surface area (Å²) in [4.78, 5) is 18.5. The molecule has 0 atom stereocenters. The van der Waals surface area contributed by atoms with Gasteiger partial charge in [-0.3, -0.25) is 9.69 Å². The molecule has 0 unspecified atom stereocenters. The smallest absolute Gasteiger partial charge is 0.241 e. The minimum Gasteiger partial charge on any atom is -0.383 e. The van der Waals surface area contributed by atoms with Gasteiger partial charge in [0.15, 0.2) is 5.96 Å². The van der Waals surface area contributed by atoms with E-state index >= 15 is 0 Å². The van der Waals surface area contributed by atoms with Gasteiger partial charge < -0.3 is 20.7 Å². The van der Waals surface area contributed by atoms with Crippen molar-refractivity contribution in [1.29, 1.82) is 0 Å². The molecule has 138 valence electrons. The van der Waals surface area contributed by atoms with Gasteiger partial charge in [-0.15, -0.1) is 0 Å². The molecule has 0 bridgehead atoms. The number of aliphatic imine (C=N–C) groups is 1. The quantitative estimate of drug-likeness (QED) is 0.244. The van der Waals surface area contributed by atoms with Crippen LogP contribution in [0.15, 0.2) is 17.1 Å². The van der Waals surface area contributed by atoms with Crippen LogP contribution >= 0.6 is 0 Å². The molecule has 1 fully saturated rings. The summed E-state index contributed by atoms with van der Waals surface area (Å²) in [7, 11) is 1.61. The lowest BCUT2D eigenvalue weighted by molar-refractivity contribution is -0.119. The highest BCUT2D eigenvalue weighted by atomic mass is 16.5. The summed E-state index contributed by atoms with van der Waals surface area (Å²) in [6.45, 7) is 13.1. The molecule has 24 heavy (non-hydrogen) atoms. The predicted molar refractivity (Wildman–Crippen MR) is 98.3 cm³/mol. The Kier molecular flexibility index (Phi) is 10.1. The van der Waals surface area contributed by atoms with E-state index in [0.29, 0.717) is 25.2 Å². The lowest BCUT2D eigenvalue weighted by atomic mass is 10.0. The molecule has 0 radical (unpaired) electrons. The summed E-state index contributed by atoms with van der Waals surface area (Å²) >= 11 is 0. The number of carbonyl (C=O) groups excluding carboxylic acids is 1. The number of piperidine rings is 1. The highest BCUT2D eigenvalue weighted by Gasteiger charge is 2.19. The normalized spacial score (nSPS) is 16.7. The van der Waals surface area contributed by atoms with Gasteiger partial charge >= 0.3 is 0 Å². The van der Waals surface area contributed by atoms with Gasteiger partial charge in [-0.05, 0) is 26.7 Å². The summed E-state index contributed by atoms with van der Waals surface area (Å²) in [5, 5.41) is 9.41. The average molecular weight is 339 g/mol. The fourth-order valence-electron chi connectivity index (χ4n) is 2.63. The number of carbonyl (C=O) groups is 1. The first-order chi connectivity index (χ1) is 11.5. The fourth-order valence-corrected chi connectivity index (χ4v) is 2.63. The fraction of sp³-hybridized carbons (Fsp3) is 0.765. The maximum Gasteiger partial charge on any atom is 0.241 e. The third-order valence-corrected chi connectivity index (χ3v) is 3.78. The second-order valence-corrected chi connectivity index (χ2v) is 6.19. The first kappa shape index (κ1) is 20.4. The standard InChI is InChI=1S/C17H33N5O2/c1-5-18-17(20-12-16(23)19-8-11-24-4)21-15-6-9-22(10-7-15)13-14(2)3/h15H,2,5-13H2,1,3-4H3,(H,19,23)(H2,18,20,21). The van der Waals surface area contributed by atoms with E-state index in [4.69, 9.17) is 4.74 Å². The molecule has 1 aliphatic heterocycles. The van der Waals surface area contributed by atoms with Crippen LogP contribution in [0.3, 0.4) is 0 Å². The monoisotopic (exact) mass is 339 g/mol. The maximum atomic E-state index is 11.7. The molecule has 1 heterocycles. The summed E-state index contributed by atoms with van der Waals surface area (Å²) in [6.07, 6.45) is 2.13. The second kappa shape index (κ2) is 11.9. The van der Waals surface area contributed by atoms with E-state index in [1.807, 2.05) is 6.92 Å². The molecule has 0 saturated carbocycles. The molecule has 1 rings (SSSR count). The van der Waals surface area contributed by atoms with Crippen LogP contribution in [0.4, 0.5) is 0 Å². The third-order valence-electron chi connectivity index (χ3n) is 3.78. The summed E-state index contributed by atoms with van der Waals surface area (Å²) in [6, 6.07) is 0.390. The molecule has 7 nitrogen and oxygen atoms in total.